The van der Waals surface area contributed by atoms with Crippen molar-refractivity contribution in [2.24, 2.45) is 0 Å². The Balaban J connectivity index is 1.52. The van der Waals surface area contributed by atoms with Crippen molar-refractivity contribution in [3.05, 3.63) is 18.0 Å². The molecule has 0 aromatic carbocycles. The van der Waals surface area contributed by atoms with Crippen molar-refractivity contribution in [1.29, 1.82) is 0 Å². The molecule has 1 aromatic rings. The van der Waals surface area contributed by atoms with E-state index in [4.69, 9.17) is 4.74 Å². The minimum Gasteiger partial charge on any atom is -0.378 e. The monoisotopic (exact) mass is 313 g/mol. The highest BCUT2D eigenvalue weighted by molar-refractivity contribution is 7.89. The van der Waals surface area contributed by atoms with Crippen molar-refractivity contribution in [2.45, 2.75) is 62.2 Å². The molecule has 0 unspecified atom stereocenters. The Labute approximate surface area is 125 Å². The normalized spacial score (nSPS) is 25.8. The quantitative estimate of drug-likeness (QED) is 0.671. The van der Waals surface area contributed by atoms with Gasteiger partial charge >= 0.3 is 0 Å². The second-order valence-corrected chi connectivity index (χ2v) is 7.60. The van der Waals surface area contributed by atoms with Crippen LogP contribution in [-0.2, 0) is 21.3 Å². The first-order chi connectivity index (χ1) is 10.1. The van der Waals surface area contributed by atoms with E-state index in [0.29, 0.717) is 24.1 Å². The summed E-state index contributed by atoms with van der Waals surface area (Å²) in [7, 11) is -3.43. The van der Waals surface area contributed by atoms with Gasteiger partial charge in [-0.1, -0.05) is 0 Å². The summed E-state index contributed by atoms with van der Waals surface area (Å²) >= 11 is 0. The summed E-state index contributed by atoms with van der Waals surface area (Å²) in [4.78, 5) is 3.34. The Morgan fingerprint density at radius 3 is 2.76 bits per heavy atom. The first-order valence-corrected chi connectivity index (χ1v) is 9.09. The maximum atomic E-state index is 12.3. The van der Waals surface area contributed by atoms with E-state index in [-0.39, 0.29) is 12.1 Å². The van der Waals surface area contributed by atoms with E-state index >= 15 is 0 Å². The van der Waals surface area contributed by atoms with Crippen molar-refractivity contribution in [3.63, 3.8) is 0 Å². The molecule has 2 fully saturated rings. The molecule has 1 aromatic heterocycles. The molecule has 3 N–H and O–H groups in total. The molecule has 21 heavy (non-hydrogen) atoms. The Hall–Kier alpha value is -0.890. The van der Waals surface area contributed by atoms with Crippen LogP contribution in [0.15, 0.2) is 17.2 Å². The summed E-state index contributed by atoms with van der Waals surface area (Å²) in [5.74, 6) is 0. The van der Waals surface area contributed by atoms with Gasteiger partial charge in [0.15, 0.2) is 0 Å². The molecule has 0 radical (unpaired) electrons. The molecule has 0 aliphatic heterocycles. The van der Waals surface area contributed by atoms with E-state index in [1.807, 2.05) is 6.92 Å². The van der Waals surface area contributed by atoms with Crippen molar-refractivity contribution in [3.8, 4) is 0 Å². The standard InChI is InChI=1S/C14H23N3O3S/c1-2-20-13-5-11(6-13)17-21(18,19)14-7-12(16-9-14)8-15-10-3-4-10/h7,9-11,13,15-17H,2-6,8H2,1H3. The van der Waals surface area contributed by atoms with Gasteiger partial charge in [-0.25, -0.2) is 13.1 Å². The average molecular weight is 313 g/mol. The van der Waals surface area contributed by atoms with Crippen LogP contribution in [0.5, 0.6) is 0 Å². The highest BCUT2D eigenvalue weighted by Gasteiger charge is 2.33. The van der Waals surface area contributed by atoms with Crippen LogP contribution in [0.1, 0.15) is 38.3 Å². The number of aromatic amines is 1. The molecular formula is C14H23N3O3S. The smallest absolute Gasteiger partial charge is 0.242 e. The summed E-state index contributed by atoms with van der Waals surface area (Å²) in [5.41, 5.74) is 0.906. The van der Waals surface area contributed by atoms with Gasteiger partial charge < -0.3 is 15.0 Å². The van der Waals surface area contributed by atoms with Gasteiger partial charge in [0, 0.05) is 37.1 Å². The lowest BCUT2D eigenvalue weighted by atomic mass is 9.90. The molecule has 1 heterocycles. The molecule has 2 aliphatic rings. The van der Waals surface area contributed by atoms with E-state index in [1.165, 1.54) is 12.8 Å². The van der Waals surface area contributed by atoms with Crippen LogP contribution >= 0.6 is 0 Å². The summed E-state index contributed by atoms with van der Waals surface area (Å²) in [6.45, 7) is 3.32. The van der Waals surface area contributed by atoms with Crippen LogP contribution in [0.2, 0.25) is 0 Å². The zero-order valence-corrected chi connectivity index (χ0v) is 13.1. The molecule has 2 saturated carbocycles. The van der Waals surface area contributed by atoms with E-state index in [9.17, 15) is 8.42 Å². The average Bonchev–Trinajstić information content (AvgIpc) is 3.10. The molecule has 0 bridgehead atoms. The lowest BCUT2D eigenvalue weighted by Gasteiger charge is -2.34. The SMILES string of the molecule is CCOC1CC(NS(=O)(=O)c2c[nH]c(CNC3CC3)c2)C1. The Morgan fingerprint density at radius 2 is 2.10 bits per heavy atom. The van der Waals surface area contributed by atoms with Gasteiger partial charge in [0.2, 0.25) is 10.0 Å². The molecule has 0 spiro atoms. The predicted molar refractivity (Wildman–Crippen MR) is 79.4 cm³/mol. The van der Waals surface area contributed by atoms with Crippen LogP contribution < -0.4 is 10.0 Å². The third kappa shape index (κ3) is 3.85. The fourth-order valence-electron chi connectivity index (χ4n) is 2.54. The molecule has 3 rings (SSSR count). The zero-order chi connectivity index (χ0) is 14.9. The van der Waals surface area contributed by atoms with Crippen LogP contribution in [0.25, 0.3) is 0 Å². The number of hydrogen-bond donors (Lipinski definition) is 3. The molecule has 0 atom stereocenters. The van der Waals surface area contributed by atoms with Crippen LogP contribution in [0.4, 0.5) is 0 Å². The molecule has 7 heteroatoms. The molecular weight excluding hydrogens is 290 g/mol. The van der Waals surface area contributed by atoms with Gasteiger partial charge in [-0.05, 0) is 38.7 Å². The van der Waals surface area contributed by atoms with Gasteiger partial charge in [-0.2, -0.15) is 0 Å². The second kappa shape index (κ2) is 6.08. The highest BCUT2D eigenvalue weighted by atomic mass is 32.2. The Bertz CT molecular complexity index is 574. The Morgan fingerprint density at radius 1 is 1.33 bits per heavy atom. The fourth-order valence-corrected chi connectivity index (χ4v) is 3.82. The van der Waals surface area contributed by atoms with Gasteiger partial charge in [0.25, 0.3) is 0 Å². The van der Waals surface area contributed by atoms with Crippen LogP contribution in [0, 0.1) is 0 Å². The summed E-state index contributed by atoms with van der Waals surface area (Å²) < 4.78 is 32.7. The van der Waals surface area contributed by atoms with Gasteiger partial charge in [0.05, 0.1) is 11.0 Å². The first-order valence-electron chi connectivity index (χ1n) is 7.61. The van der Waals surface area contributed by atoms with Gasteiger partial charge in [-0.3, -0.25) is 0 Å². The summed E-state index contributed by atoms with van der Waals surface area (Å²) in [6, 6.07) is 2.31. The molecule has 0 saturated heterocycles. The van der Waals surface area contributed by atoms with Crippen molar-refractivity contribution >= 4 is 10.0 Å². The third-order valence-corrected chi connectivity index (χ3v) is 5.50. The molecule has 118 valence electrons. The maximum Gasteiger partial charge on any atom is 0.242 e. The number of aromatic nitrogens is 1. The fraction of sp³-hybridized carbons (Fsp3) is 0.714. The van der Waals surface area contributed by atoms with Gasteiger partial charge in [0.1, 0.15) is 0 Å². The molecule has 0 amide bonds. The van der Waals surface area contributed by atoms with Crippen molar-refractivity contribution in [1.82, 2.24) is 15.0 Å². The summed E-state index contributed by atoms with van der Waals surface area (Å²) in [6.07, 6.45) is 5.71. The molecule has 2 aliphatic carbocycles. The lowest BCUT2D eigenvalue weighted by molar-refractivity contribution is -0.00475. The number of ether oxygens (including phenoxy) is 1. The third-order valence-electron chi connectivity index (χ3n) is 4.00. The number of H-pyrrole nitrogens is 1. The van der Waals surface area contributed by atoms with Crippen molar-refractivity contribution < 1.29 is 13.2 Å². The minimum absolute atomic E-state index is 0.00510. The minimum atomic E-state index is -3.43. The van der Waals surface area contributed by atoms with E-state index < -0.39 is 10.0 Å². The highest BCUT2D eigenvalue weighted by Crippen LogP contribution is 2.25. The summed E-state index contributed by atoms with van der Waals surface area (Å²) in [5, 5.41) is 3.36. The largest absolute Gasteiger partial charge is 0.378 e. The van der Waals surface area contributed by atoms with Crippen LogP contribution in [0.3, 0.4) is 0 Å². The number of nitrogens with one attached hydrogen (secondary N) is 3. The predicted octanol–water partition coefficient (Wildman–Crippen LogP) is 1.11. The first kappa shape index (κ1) is 15.0. The van der Waals surface area contributed by atoms with E-state index in [2.05, 4.69) is 15.0 Å². The lowest BCUT2D eigenvalue weighted by Crippen LogP contribution is -2.47. The number of hydrogen-bond acceptors (Lipinski definition) is 4. The zero-order valence-electron chi connectivity index (χ0n) is 12.3. The topological polar surface area (TPSA) is 83.2 Å². The van der Waals surface area contributed by atoms with E-state index in [1.54, 1.807) is 12.3 Å². The Kier molecular flexibility index (Phi) is 4.35. The second-order valence-electron chi connectivity index (χ2n) is 5.88. The maximum absolute atomic E-state index is 12.3. The van der Waals surface area contributed by atoms with Crippen LogP contribution in [-0.4, -0.2) is 38.2 Å². The van der Waals surface area contributed by atoms with Gasteiger partial charge in [-0.15, -0.1) is 0 Å². The van der Waals surface area contributed by atoms with E-state index in [0.717, 1.165) is 18.5 Å². The molecule has 6 nitrogen and oxygen atoms in total. The number of rotatable bonds is 8. The number of sulfonamides is 1. The van der Waals surface area contributed by atoms with Crippen molar-refractivity contribution in [2.75, 3.05) is 6.61 Å².